The maximum absolute atomic E-state index is 13.3. The zero-order chi connectivity index (χ0) is 15.0. The molecule has 0 aliphatic carbocycles. The Morgan fingerprint density at radius 1 is 1.11 bits per heavy atom. The minimum atomic E-state index is -0.529. The third-order valence-corrected chi connectivity index (χ3v) is 2.36. The minimum absolute atomic E-state index is 0.0324. The van der Waals surface area contributed by atoms with Crippen molar-refractivity contribution in [1.82, 2.24) is 0 Å². The summed E-state index contributed by atoms with van der Waals surface area (Å²) in [6.07, 6.45) is 0. The van der Waals surface area contributed by atoms with Crippen molar-refractivity contribution in [2.75, 3.05) is 0 Å². The average molecular weight is 261 g/mol. The molecule has 2 aromatic rings. The highest BCUT2D eigenvalue weighted by molar-refractivity contribution is 5.92. The van der Waals surface area contributed by atoms with E-state index in [1.165, 1.54) is 18.2 Å². The fourth-order valence-corrected chi connectivity index (χ4v) is 1.74. The maximum Gasteiger partial charge on any atom is 0.141 e. The molecule has 2 nitrogen and oxygen atoms in total. The predicted molar refractivity (Wildman–Crippen MR) is 77.7 cm³/mol. The summed E-state index contributed by atoms with van der Waals surface area (Å²) in [5.74, 6) is -0.408. The van der Waals surface area contributed by atoms with Gasteiger partial charge in [-0.25, -0.2) is 4.39 Å². The van der Waals surface area contributed by atoms with Crippen molar-refractivity contribution in [3.05, 3.63) is 41.2 Å². The Balaban J connectivity index is 0.000000741. The smallest absolute Gasteiger partial charge is 0.141 e. The Kier molecular flexibility index (Phi) is 7.21. The normalized spacial score (nSPS) is 8.68. The van der Waals surface area contributed by atoms with E-state index in [-0.39, 0.29) is 11.3 Å². The molecule has 2 aromatic carbocycles. The van der Waals surface area contributed by atoms with Crippen LogP contribution in [0.5, 0.6) is 5.75 Å². The second-order valence-corrected chi connectivity index (χ2v) is 3.39. The van der Waals surface area contributed by atoms with Crippen molar-refractivity contribution >= 4 is 10.8 Å². The van der Waals surface area contributed by atoms with Crippen molar-refractivity contribution in [2.45, 2.75) is 34.6 Å². The van der Waals surface area contributed by atoms with E-state index in [2.05, 4.69) is 0 Å². The molecule has 0 saturated heterocycles. The molecule has 19 heavy (non-hydrogen) atoms. The number of phenols is 1. The number of benzene rings is 2. The van der Waals surface area contributed by atoms with Gasteiger partial charge in [-0.05, 0) is 36.1 Å². The molecule has 0 atom stereocenters. The highest BCUT2D eigenvalue weighted by atomic mass is 19.1. The lowest BCUT2D eigenvalue weighted by molar-refractivity contribution is 0.476. The number of fused-ring (bicyclic) bond motifs is 1. The van der Waals surface area contributed by atoms with E-state index in [1.54, 1.807) is 13.0 Å². The molecule has 2 rings (SSSR count). The standard InChI is InChI=1S/C12H8FNO.2C2H6/c1-7-4-9(15)5-8-2-3-11(13)10(6-14)12(7)8;2*1-2/h2-5,15H,1H3;2*1-2H3. The molecular weight excluding hydrogens is 241 g/mol. The van der Waals surface area contributed by atoms with Crippen molar-refractivity contribution in [3.8, 4) is 11.8 Å². The number of rotatable bonds is 0. The molecule has 3 heteroatoms. The molecule has 0 aliphatic rings. The van der Waals surface area contributed by atoms with Gasteiger partial charge < -0.3 is 5.11 Å². The lowest BCUT2D eigenvalue weighted by atomic mass is 10.00. The van der Waals surface area contributed by atoms with Gasteiger partial charge in [0.25, 0.3) is 0 Å². The molecule has 102 valence electrons. The predicted octanol–water partition coefficient (Wildman–Crippen LogP) is 4.92. The Labute approximate surface area is 114 Å². The van der Waals surface area contributed by atoms with Crippen LogP contribution in [0.2, 0.25) is 0 Å². The molecular formula is C16H20FNO. The van der Waals surface area contributed by atoms with Gasteiger partial charge in [-0.1, -0.05) is 33.8 Å². The number of nitrogens with zero attached hydrogens (tertiary/aromatic N) is 1. The van der Waals surface area contributed by atoms with Gasteiger partial charge in [-0.3, -0.25) is 0 Å². The zero-order valence-corrected chi connectivity index (χ0v) is 12.1. The average Bonchev–Trinajstić information content (AvgIpc) is 2.43. The lowest BCUT2D eigenvalue weighted by Crippen LogP contribution is -1.89. The molecule has 0 amide bonds. The van der Waals surface area contributed by atoms with Crippen LogP contribution in [0.1, 0.15) is 38.8 Å². The van der Waals surface area contributed by atoms with Gasteiger partial charge >= 0.3 is 0 Å². The zero-order valence-electron chi connectivity index (χ0n) is 12.1. The number of aromatic hydroxyl groups is 1. The van der Waals surface area contributed by atoms with E-state index in [9.17, 15) is 9.50 Å². The van der Waals surface area contributed by atoms with Crippen LogP contribution in [0.4, 0.5) is 4.39 Å². The summed E-state index contributed by atoms with van der Waals surface area (Å²) in [6, 6.07) is 7.66. The van der Waals surface area contributed by atoms with E-state index in [4.69, 9.17) is 5.26 Å². The number of hydrogen-bond donors (Lipinski definition) is 1. The molecule has 0 spiro atoms. The summed E-state index contributed by atoms with van der Waals surface area (Å²) in [6.45, 7) is 9.74. The van der Waals surface area contributed by atoms with E-state index >= 15 is 0 Å². The third kappa shape index (κ3) is 3.69. The summed E-state index contributed by atoms with van der Waals surface area (Å²) in [4.78, 5) is 0. The number of halogens is 1. The van der Waals surface area contributed by atoms with Crippen molar-refractivity contribution in [1.29, 1.82) is 5.26 Å². The van der Waals surface area contributed by atoms with Crippen molar-refractivity contribution in [3.63, 3.8) is 0 Å². The summed E-state index contributed by atoms with van der Waals surface area (Å²) >= 11 is 0. The first-order chi connectivity index (χ1) is 9.13. The van der Waals surface area contributed by atoms with Crippen LogP contribution in [0.25, 0.3) is 10.8 Å². The van der Waals surface area contributed by atoms with E-state index in [0.717, 1.165) is 0 Å². The van der Waals surface area contributed by atoms with Gasteiger partial charge in [0.1, 0.15) is 17.6 Å². The van der Waals surface area contributed by atoms with Crippen molar-refractivity contribution < 1.29 is 9.50 Å². The molecule has 0 unspecified atom stereocenters. The van der Waals surface area contributed by atoms with Gasteiger partial charge in [0.2, 0.25) is 0 Å². The quantitative estimate of drug-likeness (QED) is 0.731. The number of phenolic OH excluding ortho intramolecular Hbond substituents is 1. The fourth-order valence-electron chi connectivity index (χ4n) is 1.74. The SMILES string of the molecule is CC.CC.Cc1cc(O)cc2ccc(F)c(C#N)c12. The Hall–Kier alpha value is -2.08. The first-order valence-corrected chi connectivity index (χ1v) is 6.45. The van der Waals surface area contributed by atoms with Gasteiger partial charge in [0.05, 0.1) is 5.56 Å². The second-order valence-electron chi connectivity index (χ2n) is 3.39. The summed E-state index contributed by atoms with van der Waals surface area (Å²) in [7, 11) is 0. The van der Waals surface area contributed by atoms with Gasteiger partial charge in [0, 0.05) is 5.39 Å². The molecule has 0 aliphatic heterocycles. The van der Waals surface area contributed by atoms with Crippen molar-refractivity contribution in [2.24, 2.45) is 0 Å². The Morgan fingerprint density at radius 3 is 2.21 bits per heavy atom. The van der Waals surface area contributed by atoms with Crippen LogP contribution in [0, 0.1) is 24.1 Å². The molecule has 0 bridgehead atoms. The Morgan fingerprint density at radius 2 is 1.68 bits per heavy atom. The van der Waals surface area contributed by atoms with Crippen LogP contribution < -0.4 is 0 Å². The van der Waals surface area contributed by atoms with Crippen LogP contribution >= 0.6 is 0 Å². The van der Waals surface area contributed by atoms with Crippen LogP contribution in [0.15, 0.2) is 24.3 Å². The van der Waals surface area contributed by atoms with Gasteiger partial charge in [0.15, 0.2) is 0 Å². The third-order valence-electron chi connectivity index (χ3n) is 2.36. The summed E-state index contributed by atoms with van der Waals surface area (Å²) in [5, 5.41) is 19.5. The maximum atomic E-state index is 13.3. The molecule has 1 N–H and O–H groups in total. The van der Waals surface area contributed by atoms with Gasteiger partial charge in [-0.15, -0.1) is 0 Å². The molecule has 0 heterocycles. The van der Waals surface area contributed by atoms with E-state index in [1.807, 2.05) is 33.8 Å². The number of aryl methyl sites for hydroxylation is 1. The monoisotopic (exact) mass is 261 g/mol. The van der Waals surface area contributed by atoms with Crippen LogP contribution in [-0.4, -0.2) is 5.11 Å². The minimum Gasteiger partial charge on any atom is -0.508 e. The fraction of sp³-hybridized carbons (Fsp3) is 0.312. The molecule has 0 fully saturated rings. The first kappa shape index (κ1) is 16.9. The molecule has 0 saturated carbocycles. The first-order valence-electron chi connectivity index (χ1n) is 6.45. The lowest BCUT2D eigenvalue weighted by Gasteiger charge is -2.05. The summed E-state index contributed by atoms with van der Waals surface area (Å²) < 4.78 is 13.3. The largest absolute Gasteiger partial charge is 0.508 e. The number of nitriles is 1. The highest BCUT2D eigenvalue weighted by Crippen LogP contribution is 2.28. The topological polar surface area (TPSA) is 44.0 Å². The van der Waals surface area contributed by atoms with Gasteiger partial charge in [-0.2, -0.15) is 5.26 Å². The highest BCUT2D eigenvalue weighted by Gasteiger charge is 2.09. The molecule has 0 radical (unpaired) electrons. The van der Waals surface area contributed by atoms with E-state index in [0.29, 0.717) is 16.3 Å². The Bertz CT molecular complexity index is 585. The van der Waals surface area contributed by atoms with Crippen LogP contribution in [0.3, 0.4) is 0 Å². The second kappa shape index (κ2) is 8.10. The van der Waals surface area contributed by atoms with E-state index < -0.39 is 5.82 Å². The summed E-state index contributed by atoms with van der Waals surface area (Å²) in [5.41, 5.74) is 0.728. The molecule has 0 aromatic heterocycles. The van der Waals surface area contributed by atoms with Crippen LogP contribution in [-0.2, 0) is 0 Å². The number of hydrogen-bond acceptors (Lipinski definition) is 2.